The number of rotatable bonds is 7. The van der Waals surface area contributed by atoms with Gasteiger partial charge in [0.05, 0.1) is 5.25 Å². The van der Waals surface area contributed by atoms with E-state index in [9.17, 15) is 4.79 Å². The van der Waals surface area contributed by atoms with Gasteiger partial charge in [-0.2, -0.15) is 12.6 Å². The Labute approximate surface area is 104 Å². The summed E-state index contributed by atoms with van der Waals surface area (Å²) >= 11 is 3.99. The van der Waals surface area contributed by atoms with Gasteiger partial charge in [0.2, 0.25) is 0 Å². The summed E-state index contributed by atoms with van der Waals surface area (Å²) in [5.41, 5.74) is 2.66. The van der Waals surface area contributed by atoms with Crippen LogP contribution in [0.2, 0.25) is 0 Å². The normalized spacial score (nSPS) is 13.4. The summed E-state index contributed by atoms with van der Waals surface area (Å²) in [6.07, 6.45) is 7.84. The molecule has 0 bridgehead atoms. The Morgan fingerprint density at radius 1 is 1.25 bits per heavy atom. The van der Waals surface area contributed by atoms with Crippen LogP contribution in [0.5, 0.6) is 0 Å². The maximum Gasteiger partial charge on any atom is 0.316 e. The molecule has 1 N–H and O–H groups in total. The van der Waals surface area contributed by atoms with Gasteiger partial charge in [-0.25, -0.2) is 0 Å². The van der Waals surface area contributed by atoms with Crippen molar-refractivity contribution >= 4 is 18.6 Å². The van der Waals surface area contributed by atoms with Gasteiger partial charge in [-0.15, -0.1) is 0 Å². The average Bonchev–Trinajstić information content (AvgIpc) is 2.16. The van der Waals surface area contributed by atoms with Crippen molar-refractivity contribution < 1.29 is 9.90 Å². The second-order valence-corrected chi connectivity index (χ2v) is 4.93. The maximum absolute atomic E-state index is 10.5. The minimum atomic E-state index is -0.834. The number of carboxylic acids is 1. The quantitative estimate of drug-likeness (QED) is 0.525. The van der Waals surface area contributed by atoms with Crippen LogP contribution >= 0.6 is 12.6 Å². The first kappa shape index (κ1) is 15.3. The number of hydrogen-bond acceptors (Lipinski definition) is 2. The van der Waals surface area contributed by atoms with Crippen LogP contribution in [0.25, 0.3) is 0 Å². The molecule has 3 heteroatoms. The van der Waals surface area contributed by atoms with Gasteiger partial charge >= 0.3 is 5.97 Å². The standard InChI is InChI=1S/C13H22O2S/c1-10(2)6-4-7-11(3)8-5-9-12(16)13(14)15/h6,8,12,16H,4-5,7,9H2,1-3H3,(H,14,15)/b11-8+. The lowest BCUT2D eigenvalue weighted by Crippen LogP contribution is -2.12. The SMILES string of the molecule is CC(C)=CCC/C(C)=C/CCC(S)C(=O)O. The molecule has 2 nitrogen and oxygen atoms in total. The van der Waals surface area contributed by atoms with E-state index < -0.39 is 11.2 Å². The molecule has 0 aliphatic rings. The summed E-state index contributed by atoms with van der Waals surface area (Å²) < 4.78 is 0. The number of carbonyl (C=O) groups is 1. The second kappa shape index (κ2) is 8.45. The largest absolute Gasteiger partial charge is 0.480 e. The van der Waals surface area contributed by atoms with E-state index >= 15 is 0 Å². The highest BCUT2D eigenvalue weighted by atomic mass is 32.1. The number of carboxylic acid groups (broad SMARTS) is 1. The van der Waals surface area contributed by atoms with Crippen LogP contribution in [0, 0.1) is 0 Å². The fourth-order valence-corrected chi connectivity index (χ4v) is 1.45. The van der Waals surface area contributed by atoms with Crippen LogP contribution in [0.3, 0.4) is 0 Å². The van der Waals surface area contributed by atoms with Crippen molar-refractivity contribution in [2.75, 3.05) is 0 Å². The molecule has 0 radical (unpaired) electrons. The Bertz CT molecular complexity index is 276. The van der Waals surface area contributed by atoms with E-state index in [0.717, 1.165) is 19.3 Å². The molecular weight excluding hydrogens is 220 g/mol. The first-order chi connectivity index (χ1) is 7.43. The average molecular weight is 242 g/mol. The van der Waals surface area contributed by atoms with Crippen LogP contribution < -0.4 is 0 Å². The van der Waals surface area contributed by atoms with Crippen LogP contribution in [0.1, 0.15) is 46.5 Å². The minimum absolute atomic E-state index is 0.540. The number of hydrogen-bond donors (Lipinski definition) is 2. The predicted molar refractivity (Wildman–Crippen MR) is 72.1 cm³/mol. The molecule has 0 saturated heterocycles. The lowest BCUT2D eigenvalue weighted by Gasteiger charge is -2.03. The van der Waals surface area contributed by atoms with Gasteiger partial charge in [-0.3, -0.25) is 4.79 Å². The third-order valence-corrected chi connectivity index (χ3v) is 2.79. The molecule has 0 aromatic heterocycles. The summed E-state index contributed by atoms with van der Waals surface area (Å²) in [6.45, 7) is 6.28. The molecule has 0 saturated carbocycles. The highest BCUT2D eigenvalue weighted by molar-refractivity contribution is 7.81. The Morgan fingerprint density at radius 2 is 1.88 bits per heavy atom. The summed E-state index contributed by atoms with van der Waals surface area (Å²) in [5.74, 6) is -0.834. The molecule has 0 fully saturated rings. The van der Waals surface area contributed by atoms with Crippen LogP contribution in [0.15, 0.2) is 23.3 Å². The first-order valence-corrected chi connectivity index (χ1v) is 6.15. The molecule has 1 atom stereocenters. The minimum Gasteiger partial charge on any atom is -0.480 e. The highest BCUT2D eigenvalue weighted by Crippen LogP contribution is 2.11. The smallest absolute Gasteiger partial charge is 0.316 e. The van der Waals surface area contributed by atoms with E-state index in [1.54, 1.807) is 0 Å². The van der Waals surface area contributed by atoms with Gasteiger partial charge < -0.3 is 5.11 Å². The van der Waals surface area contributed by atoms with E-state index in [-0.39, 0.29) is 0 Å². The van der Waals surface area contributed by atoms with Crippen LogP contribution in [0.4, 0.5) is 0 Å². The third-order valence-electron chi connectivity index (χ3n) is 2.31. The summed E-state index contributed by atoms with van der Waals surface area (Å²) in [4.78, 5) is 10.5. The monoisotopic (exact) mass is 242 g/mol. The van der Waals surface area contributed by atoms with Crippen molar-refractivity contribution in [3.8, 4) is 0 Å². The summed E-state index contributed by atoms with van der Waals surface area (Å²) in [6, 6.07) is 0. The van der Waals surface area contributed by atoms with Gasteiger partial charge in [0.25, 0.3) is 0 Å². The Morgan fingerprint density at radius 3 is 2.38 bits per heavy atom. The molecule has 0 aromatic rings. The fraction of sp³-hybridized carbons (Fsp3) is 0.615. The Kier molecular flexibility index (Phi) is 8.08. The lowest BCUT2D eigenvalue weighted by molar-refractivity contribution is -0.136. The maximum atomic E-state index is 10.5. The van der Waals surface area contributed by atoms with Gasteiger partial charge in [-0.1, -0.05) is 23.3 Å². The van der Waals surface area contributed by atoms with E-state index in [0.29, 0.717) is 6.42 Å². The lowest BCUT2D eigenvalue weighted by atomic mass is 10.1. The molecule has 0 rings (SSSR count). The van der Waals surface area contributed by atoms with E-state index in [1.807, 2.05) is 0 Å². The van der Waals surface area contributed by atoms with Crippen molar-refractivity contribution in [1.82, 2.24) is 0 Å². The third kappa shape index (κ3) is 8.60. The van der Waals surface area contributed by atoms with Crippen molar-refractivity contribution in [3.63, 3.8) is 0 Å². The topological polar surface area (TPSA) is 37.3 Å². The number of allylic oxidation sites excluding steroid dienone is 4. The first-order valence-electron chi connectivity index (χ1n) is 5.63. The zero-order valence-corrected chi connectivity index (χ0v) is 11.3. The van der Waals surface area contributed by atoms with E-state index in [4.69, 9.17) is 5.11 Å². The molecule has 1 unspecified atom stereocenters. The predicted octanol–water partition coefficient (Wildman–Crippen LogP) is 3.84. The summed E-state index contributed by atoms with van der Waals surface area (Å²) in [7, 11) is 0. The van der Waals surface area contributed by atoms with E-state index in [2.05, 4.69) is 45.6 Å². The van der Waals surface area contributed by atoms with Crippen molar-refractivity contribution in [2.24, 2.45) is 0 Å². The molecule has 0 spiro atoms. The van der Waals surface area contributed by atoms with E-state index in [1.165, 1.54) is 11.1 Å². The van der Waals surface area contributed by atoms with Crippen molar-refractivity contribution in [2.45, 2.75) is 51.7 Å². The molecular formula is C13H22O2S. The molecule has 0 aliphatic carbocycles. The van der Waals surface area contributed by atoms with Gasteiger partial charge in [0.1, 0.15) is 0 Å². The van der Waals surface area contributed by atoms with Crippen LogP contribution in [-0.2, 0) is 4.79 Å². The van der Waals surface area contributed by atoms with Gasteiger partial charge in [-0.05, 0) is 46.5 Å². The Balaban J connectivity index is 3.79. The van der Waals surface area contributed by atoms with Gasteiger partial charge in [0, 0.05) is 0 Å². The number of thiol groups is 1. The zero-order chi connectivity index (χ0) is 12.6. The molecule has 92 valence electrons. The molecule has 0 heterocycles. The van der Waals surface area contributed by atoms with Crippen LogP contribution in [-0.4, -0.2) is 16.3 Å². The molecule has 0 amide bonds. The number of aliphatic carboxylic acids is 1. The molecule has 0 aliphatic heterocycles. The summed E-state index contributed by atoms with van der Waals surface area (Å²) in [5, 5.41) is 8.10. The molecule has 16 heavy (non-hydrogen) atoms. The molecule has 0 aromatic carbocycles. The highest BCUT2D eigenvalue weighted by Gasteiger charge is 2.09. The van der Waals surface area contributed by atoms with Crippen molar-refractivity contribution in [1.29, 1.82) is 0 Å². The Hall–Kier alpha value is -0.700. The van der Waals surface area contributed by atoms with Crippen molar-refractivity contribution in [3.05, 3.63) is 23.3 Å². The second-order valence-electron chi connectivity index (χ2n) is 4.30. The zero-order valence-electron chi connectivity index (χ0n) is 10.4. The van der Waals surface area contributed by atoms with Gasteiger partial charge in [0.15, 0.2) is 0 Å². The fourth-order valence-electron chi connectivity index (χ4n) is 1.30.